The Hall–Kier alpha value is -2.96. The first kappa shape index (κ1) is 17.8. The molecule has 0 fully saturated rings. The van der Waals surface area contributed by atoms with Crippen LogP contribution in [0.5, 0.6) is 17.2 Å². The highest BCUT2D eigenvalue weighted by Crippen LogP contribution is 2.34. The van der Waals surface area contributed by atoms with E-state index >= 15 is 0 Å². The molecule has 0 saturated heterocycles. The van der Waals surface area contributed by atoms with Crippen molar-refractivity contribution in [3.05, 3.63) is 53.3 Å². The molecule has 0 bridgehead atoms. The molecule has 0 atom stereocenters. The van der Waals surface area contributed by atoms with Gasteiger partial charge in [-0.25, -0.2) is 4.39 Å². The zero-order valence-electron chi connectivity index (χ0n) is 14.8. The molecule has 1 heterocycles. The highest BCUT2D eigenvalue weighted by molar-refractivity contribution is 5.79. The number of halogens is 1. The zero-order chi connectivity index (χ0) is 18.4. The molecular weight excluding hydrogens is 337 g/mol. The van der Waals surface area contributed by atoms with E-state index in [0.717, 1.165) is 11.3 Å². The van der Waals surface area contributed by atoms with Crippen molar-refractivity contribution >= 4 is 5.96 Å². The van der Waals surface area contributed by atoms with Crippen molar-refractivity contribution < 1.29 is 18.6 Å². The largest absolute Gasteiger partial charge is 0.492 e. The van der Waals surface area contributed by atoms with E-state index in [9.17, 15) is 4.39 Å². The van der Waals surface area contributed by atoms with Crippen LogP contribution in [-0.2, 0) is 6.54 Å². The van der Waals surface area contributed by atoms with Crippen molar-refractivity contribution in [2.45, 2.75) is 13.5 Å². The first-order chi connectivity index (χ1) is 12.7. The van der Waals surface area contributed by atoms with Crippen LogP contribution in [0.25, 0.3) is 0 Å². The molecule has 0 aromatic heterocycles. The van der Waals surface area contributed by atoms with E-state index in [1.165, 1.54) is 6.07 Å². The van der Waals surface area contributed by atoms with Crippen LogP contribution >= 0.6 is 0 Å². The summed E-state index contributed by atoms with van der Waals surface area (Å²) in [4.78, 5) is 4.14. The lowest BCUT2D eigenvalue weighted by Crippen LogP contribution is -2.38. The lowest BCUT2D eigenvalue weighted by Gasteiger charge is -2.13. The van der Waals surface area contributed by atoms with E-state index in [4.69, 9.17) is 14.2 Å². The Morgan fingerprint density at radius 2 is 2.00 bits per heavy atom. The number of nitrogens with zero attached hydrogens (tertiary/aromatic N) is 1. The van der Waals surface area contributed by atoms with Gasteiger partial charge in [-0.2, -0.15) is 0 Å². The molecule has 6 nitrogen and oxygen atoms in total. The first-order valence-corrected chi connectivity index (χ1v) is 8.37. The van der Waals surface area contributed by atoms with Crippen LogP contribution in [-0.4, -0.2) is 33.0 Å². The van der Waals surface area contributed by atoms with Gasteiger partial charge in [0.1, 0.15) is 18.2 Å². The molecule has 138 valence electrons. The highest BCUT2D eigenvalue weighted by Gasteiger charge is 2.13. The second-order valence-corrected chi connectivity index (χ2v) is 5.80. The number of ether oxygens (including phenoxy) is 3. The molecule has 0 saturated carbocycles. The van der Waals surface area contributed by atoms with Crippen LogP contribution in [0.4, 0.5) is 4.39 Å². The summed E-state index contributed by atoms with van der Waals surface area (Å²) in [5.41, 5.74) is 1.49. The fourth-order valence-corrected chi connectivity index (χ4v) is 2.46. The van der Waals surface area contributed by atoms with E-state index in [1.807, 2.05) is 18.2 Å². The number of fused-ring (bicyclic) bond motifs is 1. The highest BCUT2D eigenvalue weighted by atomic mass is 19.1. The molecule has 2 aromatic carbocycles. The Bertz CT molecular complexity index is 796. The van der Waals surface area contributed by atoms with Gasteiger partial charge in [0.05, 0.1) is 6.54 Å². The molecule has 0 unspecified atom stereocenters. The summed E-state index contributed by atoms with van der Waals surface area (Å²) in [7, 11) is 1.68. The molecule has 3 rings (SSSR count). The lowest BCUT2D eigenvalue weighted by atomic mass is 10.1. The van der Waals surface area contributed by atoms with Gasteiger partial charge in [-0.15, -0.1) is 0 Å². The van der Waals surface area contributed by atoms with Crippen LogP contribution in [0.1, 0.15) is 11.1 Å². The first-order valence-electron chi connectivity index (χ1n) is 8.37. The number of aryl methyl sites for hydroxylation is 1. The number of aliphatic imine (C=N–C) groups is 1. The molecule has 26 heavy (non-hydrogen) atoms. The van der Waals surface area contributed by atoms with E-state index in [-0.39, 0.29) is 12.6 Å². The van der Waals surface area contributed by atoms with E-state index in [0.29, 0.717) is 42.7 Å². The third-order valence-electron chi connectivity index (χ3n) is 3.93. The summed E-state index contributed by atoms with van der Waals surface area (Å²) in [6.07, 6.45) is 0. The maximum absolute atomic E-state index is 13.6. The average molecular weight is 359 g/mol. The predicted octanol–water partition coefficient (Wildman–Crippen LogP) is 2.61. The summed E-state index contributed by atoms with van der Waals surface area (Å²) in [5, 5.41) is 6.30. The van der Waals surface area contributed by atoms with Crippen molar-refractivity contribution in [3.63, 3.8) is 0 Å². The second-order valence-electron chi connectivity index (χ2n) is 5.80. The minimum absolute atomic E-state index is 0.204. The van der Waals surface area contributed by atoms with Crippen molar-refractivity contribution in [1.82, 2.24) is 10.6 Å². The smallest absolute Gasteiger partial charge is 0.231 e. The maximum atomic E-state index is 13.6. The van der Waals surface area contributed by atoms with Crippen molar-refractivity contribution in [2.75, 3.05) is 27.0 Å². The molecule has 0 amide bonds. The molecule has 0 radical (unpaired) electrons. The van der Waals surface area contributed by atoms with Crippen LogP contribution in [0.2, 0.25) is 0 Å². The van der Waals surface area contributed by atoms with E-state index < -0.39 is 0 Å². The summed E-state index contributed by atoms with van der Waals surface area (Å²) >= 11 is 0. The van der Waals surface area contributed by atoms with E-state index in [1.54, 1.807) is 26.1 Å². The number of hydrogen-bond donors (Lipinski definition) is 2. The fourth-order valence-electron chi connectivity index (χ4n) is 2.46. The fraction of sp³-hybridized carbons (Fsp3) is 0.316. The maximum Gasteiger partial charge on any atom is 0.231 e. The minimum Gasteiger partial charge on any atom is -0.492 e. The third-order valence-corrected chi connectivity index (χ3v) is 3.93. The third kappa shape index (κ3) is 4.56. The summed E-state index contributed by atoms with van der Waals surface area (Å²) in [6, 6.07) is 10.7. The SMILES string of the molecule is CN=C(NCCOc1ccc2c(c1)OCO2)NCc1ccc(C)c(F)c1. The topological polar surface area (TPSA) is 64.1 Å². The summed E-state index contributed by atoms with van der Waals surface area (Å²) < 4.78 is 29.8. The van der Waals surface area contributed by atoms with Crippen molar-refractivity contribution in [3.8, 4) is 17.2 Å². The molecule has 1 aliphatic heterocycles. The van der Waals surface area contributed by atoms with E-state index in [2.05, 4.69) is 15.6 Å². The summed E-state index contributed by atoms with van der Waals surface area (Å²) in [5.74, 6) is 2.56. The molecule has 0 spiro atoms. The van der Waals surface area contributed by atoms with Gasteiger partial charge in [-0.05, 0) is 36.2 Å². The Morgan fingerprint density at radius 1 is 1.15 bits per heavy atom. The van der Waals surface area contributed by atoms with Crippen molar-refractivity contribution in [2.24, 2.45) is 4.99 Å². The molecule has 2 aromatic rings. The van der Waals surface area contributed by atoms with Crippen LogP contribution in [0.3, 0.4) is 0 Å². The zero-order valence-corrected chi connectivity index (χ0v) is 14.8. The number of guanidine groups is 1. The lowest BCUT2D eigenvalue weighted by molar-refractivity contribution is 0.173. The van der Waals surface area contributed by atoms with Crippen LogP contribution < -0.4 is 24.8 Å². The van der Waals surface area contributed by atoms with Gasteiger partial charge in [0.15, 0.2) is 17.5 Å². The van der Waals surface area contributed by atoms with Gasteiger partial charge in [-0.1, -0.05) is 12.1 Å². The van der Waals surface area contributed by atoms with Gasteiger partial charge >= 0.3 is 0 Å². The quantitative estimate of drug-likeness (QED) is 0.472. The van der Waals surface area contributed by atoms with Crippen LogP contribution in [0, 0.1) is 12.7 Å². The van der Waals surface area contributed by atoms with Gasteiger partial charge in [0, 0.05) is 19.7 Å². The molecular formula is C19H22FN3O3. The molecule has 2 N–H and O–H groups in total. The van der Waals surface area contributed by atoms with Gasteiger partial charge in [0.2, 0.25) is 6.79 Å². The standard InChI is InChI=1S/C19H22FN3O3/c1-13-3-4-14(9-16(13)20)11-23-19(21-2)22-7-8-24-15-5-6-17-18(10-15)26-12-25-17/h3-6,9-10H,7-8,11-12H2,1-2H3,(H2,21,22,23). The number of benzene rings is 2. The Balaban J connectivity index is 1.40. The Kier molecular flexibility index (Phi) is 5.78. The predicted molar refractivity (Wildman–Crippen MR) is 97.4 cm³/mol. The van der Waals surface area contributed by atoms with Gasteiger partial charge < -0.3 is 24.8 Å². The Labute approximate surface area is 152 Å². The summed E-state index contributed by atoms with van der Waals surface area (Å²) in [6.45, 7) is 3.50. The van der Waals surface area contributed by atoms with Crippen LogP contribution in [0.15, 0.2) is 41.4 Å². The van der Waals surface area contributed by atoms with Crippen molar-refractivity contribution in [1.29, 1.82) is 0 Å². The Morgan fingerprint density at radius 3 is 2.81 bits per heavy atom. The minimum atomic E-state index is -0.204. The number of rotatable bonds is 6. The number of hydrogen-bond acceptors (Lipinski definition) is 4. The second kappa shape index (κ2) is 8.42. The van der Waals surface area contributed by atoms with Gasteiger partial charge in [0.25, 0.3) is 0 Å². The monoisotopic (exact) mass is 359 g/mol. The van der Waals surface area contributed by atoms with Gasteiger partial charge in [-0.3, -0.25) is 4.99 Å². The molecule has 1 aliphatic rings. The number of nitrogens with one attached hydrogen (secondary N) is 2. The normalized spacial score (nSPS) is 12.8. The molecule has 0 aliphatic carbocycles. The molecule has 7 heteroatoms. The average Bonchev–Trinajstić information content (AvgIpc) is 3.11.